The normalized spacial score (nSPS) is 12.2. The van der Waals surface area contributed by atoms with E-state index in [1.807, 2.05) is 50.4 Å². The highest BCUT2D eigenvalue weighted by Gasteiger charge is 2.10. The van der Waals surface area contributed by atoms with Crippen LogP contribution in [0.25, 0.3) is 0 Å². The van der Waals surface area contributed by atoms with Gasteiger partial charge in [0.15, 0.2) is 0 Å². The highest BCUT2D eigenvalue weighted by atomic mass is 35.5. The average molecular weight is 290 g/mol. The highest BCUT2D eigenvalue weighted by Crippen LogP contribution is 2.23. The largest absolute Gasteiger partial charge is 0.494 e. The molecule has 0 heterocycles. The van der Waals surface area contributed by atoms with E-state index >= 15 is 0 Å². The summed E-state index contributed by atoms with van der Waals surface area (Å²) in [6.07, 6.45) is 0.894. The van der Waals surface area contributed by atoms with E-state index in [4.69, 9.17) is 16.3 Å². The fourth-order valence-corrected chi connectivity index (χ4v) is 2.30. The minimum atomic E-state index is 0.247. The van der Waals surface area contributed by atoms with Gasteiger partial charge in [0.1, 0.15) is 5.75 Å². The maximum absolute atomic E-state index is 6.19. The third kappa shape index (κ3) is 3.99. The molecule has 0 spiro atoms. The summed E-state index contributed by atoms with van der Waals surface area (Å²) in [5, 5.41) is 4.12. The van der Waals surface area contributed by atoms with Crippen molar-refractivity contribution in [2.45, 2.75) is 19.4 Å². The van der Waals surface area contributed by atoms with E-state index in [1.54, 1.807) is 0 Å². The monoisotopic (exact) mass is 289 g/mol. The van der Waals surface area contributed by atoms with Crippen molar-refractivity contribution in [1.82, 2.24) is 5.32 Å². The molecule has 2 aromatic rings. The molecular formula is C17H20ClNO. The van der Waals surface area contributed by atoms with E-state index in [-0.39, 0.29) is 6.04 Å². The number of benzene rings is 2. The zero-order chi connectivity index (χ0) is 14.4. The van der Waals surface area contributed by atoms with E-state index in [9.17, 15) is 0 Å². The third-order valence-corrected chi connectivity index (χ3v) is 3.77. The van der Waals surface area contributed by atoms with Crippen molar-refractivity contribution in [3.8, 4) is 5.75 Å². The zero-order valence-corrected chi connectivity index (χ0v) is 12.7. The van der Waals surface area contributed by atoms with Crippen LogP contribution in [0.3, 0.4) is 0 Å². The molecule has 2 nitrogen and oxygen atoms in total. The Morgan fingerprint density at radius 1 is 1.15 bits per heavy atom. The number of aryl methyl sites for hydroxylation is 1. The fourth-order valence-electron chi connectivity index (χ4n) is 2.11. The Morgan fingerprint density at radius 3 is 2.55 bits per heavy atom. The SMILES string of the molecule is CNC(CCOc1ccccc1)c1ccc(C)c(Cl)c1. The van der Waals surface area contributed by atoms with Crippen LogP contribution in [-0.2, 0) is 0 Å². The maximum atomic E-state index is 6.19. The molecule has 0 fully saturated rings. The van der Waals surface area contributed by atoms with Gasteiger partial charge in [-0.05, 0) is 43.3 Å². The predicted molar refractivity (Wildman–Crippen MR) is 84.5 cm³/mol. The van der Waals surface area contributed by atoms with Crippen LogP contribution in [0.2, 0.25) is 5.02 Å². The Balaban J connectivity index is 1.93. The second-order valence-electron chi connectivity index (χ2n) is 4.80. The summed E-state index contributed by atoms with van der Waals surface area (Å²) < 4.78 is 5.74. The minimum absolute atomic E-state index is 0.247. The lowest BCUT2D eigenvalue weighted by molar-refractivity contribution is 0.290. The van der Waals surface area contributed by atoms with Crippen LogP contribution < -0.4 is 10.1 Å². The van der Waals surface area contributed by atoms with Crippen LogP contribution >= 0.6 is 11.6 Å². The van der Waals surface area contributed by atoms with Gasteiger partial charge < -0.3 is 10.1 Å². The van der Waals surface area contributed by atoms with Gasteiger partial charge in [-0.3, -0.25) is 0 Å². The second kappa shape index (κ2) is 7.32. The standard InChI is InChI=1S/C17H20ClNO/c1-13-8-9-14(12-16(13)18)17(19-2)10-11-20-15-6-4-3-5-7-15/h3-9,12,17,19H,10-11H2,1-2H3. The maximum Gasteiger partial charge on any atom is 0.119 e. The van der Waals surface area contributed by atoms with E-state index in [0.29, 0.717) is 6.61 Å². The van der Waals surface area contributed by atoms with Crippen molar-refractivity contribution in [2.75, 3.05) is 13.7 Å². The molecular weight excluding hydrogens is 270 g/mol. The number of para-hydroxylation sites is 1. The molecule has 0 aliphatic carbocycles. The molecule has 1 N–H and O–H groups in total. The first-order chi connectivity index (χ1) is 9.70. The topological polar surface area (TPSA) is 21.3 Å². The first-order valence-corrected chi connectivity index (χ1v) is 7.19. The van der Waals surface area contributed by atoms with Crippen LogP contribution in [-0.4, -0.2) is 13.7 Å². The minimum Gasteiger partial charge on any atom is -0.494 e. The van der Waals surface area contributed by atoms with Gasteiger partial charge in [0.2, 0.25) is 0 Å². The van der Waals surface area contributed by atoms with Gasteiger partial charge in [0, 0.05) is 17.5 Å². The molecule has 3 heteroatoms. The number of nitrogens with one attached hydrogen (secondary N) is 1. The van der Waals surface area contributed by atoms with E-state index in [1.165, 1.54) is 5.56 Å². The first kappa shape index (κ1) is 14.9. The molecule has 0 aliphatic heterocycles. The summed E-state index contributed by atoms with van der Waals surface area (Å²) in [5.74, 6) is 0.907. The van der Waals surface area contributed by atoms with Crippen molar-refractivity contribution in [1.29, 1.82) is 0 Å². The van der Waals surface area contributed by atoms with Gasteiger partial charge in [-0.1, -0.05) is 41.9 Å². The van der Waals surface area contributed by atoms with Crippen LogP contribution in [0.5, 0.6) is 5.75 Å². The molecule has 0 radical (unpaired) electrons. The van der Waals surface area contributed by atoms with Gasteiger partial charge in [0.25, 0.3) is 0 Å². The van der Waals surface area contributed by atoms with Crippen molar-refractivity contribution < 1.29 is 4.74 Å². The van der Waals surface area contributed by atoms with Crippen molar-refractivity contribution in [3.63, 3.8) is 0 Å². The molecule has 20 heavy (non-hydrogen) atoms. The average Bonchev–Trinajstić information content (AvgIpc) is 2.48. The van der Waals surface area contributed by atoms with Crippen LogP contribution in [0, 0.1) is 6.92 Å². The number of rotatable bonds is 6. The van der Waals surface area contributed by atoms with Crippen molar-refractivity contribution >= 4 is 11.6 Å². The second-order valence-corrected chi connectivity index (χ2v) is 5.21. The van der Waals surface area contributed by atoms with E-state index in [2.05, 4.69) is 17.4 Å². The van der Waals surface area contributed by atoms with Gasteiger partial charge in [-0.15, -0.1) is 0 Å². The van der Waals surface area contributed by atoms with Crippen LogP contribution in [0.4, 0.5) is 0 Å². The lowest BCUT2D eigenvalue weighted by Crippen LogP contribution is -2.19. The number of hydrogen-bond donors (Lipinski definition) is 1. The molecule has 1 unspecified atom stereocenters. The predicted octanol–water partition coefficient (Wildman–Crippen LogP) is 4.38. The molecule has 0 saturated carbocycles. The summed E-state index contributed by atoms with van der Waals surface area (Å²) in [5.41, 5.74) is 2.30. The smallest absolute Gasteiger partial charge is 0.119 e. The van der Waals surface area contributed by atoms with Crippen molar-refractivity contribution in [2.24, 2.45) is 0 Å². The first-order valence-electron chi connectivity index (χ1n) is 6.82. The Hall–Kier alpha value is -1.51. The summed E-state index contributed by atoms with van der Waals surface area (Å²) >= 11 is 6.19. The van der Waals surface area contributed by atoms with Crippen LogP contribution in [0.15, 0.2) is 48.5 Å². The summed E-state index contributed by atoms with van der Waals surface area (Å²) in [4.78, 5) is 0. The molecule has 0 aromatic heterocycles. The Labute approximate surface area is 125 Å². The number of ether oxygens (including phenoxy) is 1. The lowest BCUT2D eigenvalue weighted by Gasteiger charge is -2.18. The Kier molecular flexibility index (Phi) is 5.45. The lowest BCUT2D eigenvalue weighted by atomic mass is 10.0. The molecule has 106 valence electrons. The van der Waals surface area contributed by atoms with Crippen molar-refractivity contribution in [3.05, 3.63) is 64.7 Å². The highest BCUT2D eigenvalue weighted by molar-refractivity contribution is 6.31. The molecule has 0 bridgehead atoms. The summed E-state index contributed by atoms with van der Waals surface area (Å²) in [6, 6.07) is 16.3. The number of halogens is 1. The van der Waals surface area contributed by atoms with Gasteiger partial charge in [-0.2, -0.15) is 0 Å². The molecule has 0 saturated heterocycles. The molecule has 0 aliphatic rings. The zero-order valence-electron chi connectivity index (χ0n) is 11.9. The van der Waals surface area contributed by atoms with Gasteiger partial charge in [0.05, 0.1) is 6.61 Å². The fraction of sp³-hybridized carbons (Fsp3) is 0.294. The summed E-state index contributed by atoms with van der Waals surface area (Å²) in [7, 11) is 1.96. The van der Waals surface area contributed by atoms with E-state index in [0.717, 1.165) is 22.8 Å². The molecule has 1 atom stereocenters. The van der Waals surface area contributed by atoms with Gasteiger partial charge >= 0.3 is 0 Å². The third-order valence-electron chi connectivity index (χ3n) is 3.37. The molecule has 2 aromatic carbocycles. The van der Waals surface area contributed by atoms with Crippen LogP contribution in [0.1, 0.15) is 23.6 Å². The quantitative estimate of drug-likeness (QED) is 0.852. The molecule has 0 amide bonds. The van der Waals surface area contributed by atoms with Gasteiger partial charge in [-0.25, -0.2) is 0 Å². The summed E-state index contributed by atoms with van der Waals surface area (Å²) in [6.45, 7) is 2.68. The Bertz CT molecular complexity index is 542. The Morgan fingerprint density at radius 2 is 1.90 bits per heavy atom. The number of hydrogen-bond acceptors (Lipinski definition) is 2. The molecule has 2 rings (SSSR count). The van der Waals surface area contributed by atoms with E-state index < -0.39 is 0 Å².